The molecular formula is C23H25N3O2. The molecule has 1 aromatic carbocycles. The van der Waals surface area contributed by atoms with Crippen LogP contribution in [0.25, 0.3) is 11.3 Å². The van der Waals surface area contributed by atoms with Crippen molar-refractivity contribution in [1.29, 1.82) is 0 Å². The minimum absolute atomic E-state index is 0.0164. The largest absolute Gasteiger partial charge is 0.504 e. The van der Waals surface area contributed by atoms with E-state index in [-0.39, 0.29) is 16.9 Å². The van der Waals surface area contributed by atoms with Crippen LogP contribution in [0.5, 0.6) is 5.75 Å². The van der Waals surface area contributed by atoms with E-state index in [1.54, 1.807) is 6.92 Å². The molecule has 0 fully saturated rings. The molecule has 0 atom stereocenters. The van der Waals surface area contributed by atoms with Crippen molar-refractivity contribution in [3.05, 3.63) is 70.4 Å². The van der Waals surface area contributed by atoms with Gasteiger partial charge in [0.1, 0.15) is 11.5 Å². The second kappa shape index (κ2) is 7.50. The van der Waals surface area contributed by atoms with Gasteiger partial charge in [0.25, 0.3) is 0 Å². The zero-order valence-electron chi connectivity index (χ0n) is 16.9. The highest BCUT2D eigenvalue weighted by Gasteiger charge is 2.14. The van der Waals surface area contributed by atoms with E-state index in [9.17, 15) is 9.90 Å². The first-order chi connectivity index (χ1) is 13.2. The van der Waals surface area contributed by atoms with Crippen molar-refractivity contribution in [2.45, 2.75) is 46.5 Å². The minimum atomic E-state index is -0.165. The Morgan fingerprint density at radius 1 is 1.07 bits per heavy atom. The average Bonchev–Trinajstić information content (AvgIpc) is 2.64. The molecule has 0 amide bonds. The summed E-state index contributed by atoms with van der Waals surface area (Å²) in [6.07, 6.45) is 2.80. The second-order valence-electron chi connectivity index (χ2n) is 8.09. The van der Waals surface area contributed by atoms with Crippen molar-refractivity contribution >= 4 is 6.29 Å². The molecule has 3 aromatic rings. The summed E-state index contributed by atoms with van der Waals surface area (Å²) in [4.78, 5) is 24.1. The summed E-state index contributed by atoms with van der Waals surface area (Å²) < 4.78 is 0. The lowest BCUT2D eigenvalue weighted by Gasteiger charge is -2.19. The molecule has 0 spiro atoms. The lowest BCUT2D eigenvalue weighted by molar-refractivity contribution is 0.111. The quantitative estimate of drug-likeness (QED) is 0.677. The van der Waals surface area contributed by atoms with Crippen LogP contribution in [0.4, 0.5) is 0 Å². The molecule has 0 bridgehead atoms. The van der Waals surface area contributed by atoms with E-state index in [0.29, 0.717) is 24.2 Å². The number of pyridine rings is 1. The van der Waals surface area contributed by atoms with Gasteiger partial charge in [-0.25, -0.2) is 9.97 Å². The Balaban J connectivity index is 1.87. The van der Waals surface area contributed by atoms with Crippen molar-refractivity contribution in [3.63, 3.8) is 0 Å². The van der Waals surface area contributed by atoms with Crippen molar-refractivity contribution in [1.82, 2.24) is 15.0 Å². The SMILES string of the molecule is Cc1cc(Cc2nc(C)c(O)c(C=O)n2)cnc1-c1ccc(C(C)(C)C)cc1. The fraction of sp³-hybridized carbons (Fsp3) is 0.304. The van der Waals surface area contributed by atoms with Crippen LogP contribution in [0.15, 0.2) is 36.5 Å². The van der Waals surface area contributed by atoms with Gasteiger partial charge in [-0.3, -0.25) is 9.78 Å². The molecule has 2 heterocycles. The number of nitrogens with zero attached hydrogens (tertiary/aromatic N) is 3. The Morgan fingerprint density at radius 2 is 1.75 bits per heavy atom. The van der Waals surface area contributed by atoms with Crippen LogP contribution in [0, 0.1) is 13.8 Å². The van der Waals surface area contributed by atoms with Crippen molar-refractivity contribution in [3.8, 4) is 17.0 Å². The molecule has 1 N–H and O–H groups in total. The predicted molar refractivity (Wildman–Crippen MR) is 110 cm³/mol. The highest BCUT2D eigenvalue weighted by molar-refractivity contribution is 5.76. The Kier molecular flexibility index (Phi) is 5.27. The first kappa shape index (κ1) is 19.7. The van der Waals surface area contributed by atoms with E-state index in [1.807, 2.05) is 13.1 Å². The zero-order valence-corrected chi connectivity index (χ0v) is 16.9. The van der Waals surface area contributed by atoms with E-state index >= 15 is 0 Å². The topological polar surface area (TPSA) is 76.0 Å². The maximum atomic E-state index is 11.1. The van der Waals surface area contributed by atoms with E-state index in [4.69, 9.17) is 0 Å². The molecule has 0 radical (unpaired) electrons. The summed E-state index contributed by atoms with van der Waals surface area (Å²) >= 11 is 0. The van der Waals surface area contributed by atoms with Crippen molar-refractivity contribution < 1.29 is 9.90 Å². The molecule has 28 heavy (non-hydrogen) atoms. The van der Waals surface area contributed by atoms with Gasteiger partial charge in [-0.15, -0.1) is 0 Å². The maximum absolute atomic E-state index is 11.1. The van der Waals surface area contributed by atoms with E-state index in [1.165, 1.54) is 5.56 Å². The van der Waals surface area contributed by atoms with Gasteiger partial charge in [0.15, 0.2) is 12.0 Å². The summed E-state index contributed by atoms with van der Waals surface area (Å²) in [6, 6.07) is 10.6. The molecule has 0 unspecified atom stereocenters. The minimum Gasteiger partial charge on any atom is -0.504 e. The second-order valence-corrected chi connectivity index (χ2v) is 8.09. The molecule has 0 aliphatic rings. The molecule has 5 nitrogen and oxygen atoms in total. The van der Waals surface area contributed by atoms with Crippen molar-refractivity contribution in [2.75, 3.05) is 0 Å². The third kappa shape index (κ3) is 4.09. The number of carbonyl (C=O) groups excluding carboxylic acids is 1. The summed E-state index contributed by atoms with van der Waals surface area (Å²) in [7, 11) is 0. The van der Waals surface area contributed by atoms with E-state index in [0.717, 1.165) is 22.4 Å². The summed E-state index contributed by atoms with van der Waals surface area (Å²) in [6.45, 7) is 10.3. The smallest absolute Gasteiger partial charge is 0.172 e. The summed E-state index contributed by atoms with van der Waals surface area (Å²) in [5, 5.41) is 9.80. The molecule has 3 rings (SSSR count). The van der Waals surface area contributed by atoms with Gasteiger partial charge < -0.3 is 5.11 Å². The molecule has 0 aliphatic heterocycles. The van der Waals surface area contributed by atoms with Crippen LogP contribution < -0.4 is 0 Å². The highest BCUT2D eigenvalue weighted by Crippen LogP contribution is 2.27. The lowest BCUT2D eigenvalue weighted by atomic mass is 9.86. The third-order valence-corrected chi connectivity index (χ3v) is 4.76. The molecule has 2 aromatic heterocycles. The first-order valence-electron chi connectivity index (χ1n) is 9.27. The van der Waals surface area contributed by atoms with Gasteiger partial charge in [-0.2, -0.15) is 0 Å². The van der Waals surface area contributed by atoms with Gasteiger partial charge in [0.2, 0.25) is 0 Å². The number of aromatic hydroxyl groups is 1. The van der Waals surface area contributed by atoms with E-state index < -0.39 is 0 Å². The Morgan fingerprint density at radius 3 is 2.32 bits per heavy atom. The number of carbonyl (C=O) groups is 1. The fourth-order valence-electron chi connectivity index (χ4n) is 3.15. The molecule has 0 saturated carbocycles. The van der Waals surface area contributed by atoms with Gasteiger partial charge in [0, 0.05) is 18.2 Å². The Hall–Kier alpha value is -3.08. The number of aryl methyl sites for hydroxylation is 2. The average molecular weight is 375 g/mol. The number of hydrogen-bond donors (Lipinski definition) is 1. The van der Waals surface area contributed by atoms with Crippen LogP contribution >= 0.6 is 0 Å². The predicted octanol–water partition coefficient (Wildman–Crippen LogP) is 4.56. The molecule has 0 aliphatic carbocycles. The number of hydrogen-bond acceptors (Lipinski definition) is 5. The number of aldehydes is 1. The third-order valence-electron chi connectivity index (χ3n) is 4.76. The van der Waals surface area contributed by atoms with E-state index in [2.05, 4.69) is 66.1 Å². The van der Waals surface area contributed by atoms with Crippen LogP contribution in [-0.2, 0) is 11.8 Å². The van der Waals surface area contributed by atoms with Crippen molar-refractivity contribution in [2.24, 2.45) is 0 Å². The van der Waals surface area contributed by atoms with Gasteiger partial charge >= 0.3 is 0 Å². The van der Waals surface area contributed by atoms with Gasteiger partial charge in [0.05, 0.1) is 11.4 Å². The van der Waals surface area contributed by atoms with Crippen LogP contribution in [-0.4, -0.2) is 26.3 Å². The van der Waals surface area contributed by atoms with Gasteiger partial charge in [-0.1, -0.05) is 51.1 Å². The van der Waals surface area contributed by atoms with Crippen LogP contribution in [0.2, 0.25) is 0 Å². The number of aromatic nitrogens is 3. The van der Waals surface area contributed by atoms with Crippen LogP contribution in [0.3, 0.4) is 0 Å². The first-order valence-corrected chi connectivity index (χ1v) is 9.27. The Bertz CT molecular complexity index is 1020. The Labute approximate surface area is 165 Å². The molecule has 0 saturated heterocycles. The number of benzene rings is 1. The summed E-state index contributed by atoms with van der Waals surface area (Å²) in [5.41, 5.74) is 5.86. The molecule has 5 heteroatoms. The standard InChI is InChI=1S/C23H25N3O2/c1-14-10-16(11-20-25-15(2)22(28)19(13-27)26-20)12-24-21(14)17-6-8-18(9-7-17)23(3,4)5/h6-10,12-13,28H,11H2,1-5H3. The summed E-state index contributed by atoms with van der Waals surface area (Å²) in [5.74, 6) is 0.322. The lowest BCUT2D eigenvalue weighted by Crippen LogP contribution is -2.10. The zero-order chi connectivity index (χ0) is 20.5. The van der Waals surface area contributed by atoms with Gasteiger partial charge in [-0.05, 0) is 36.0 Å². The number of rotatable bonds is 4. The molecular weight excluding hydrogens is 350 g/mol. The molecule has 144 valence electrons. The normalized spacial score (nSPS) is 11.5. The maximum Gasteiger partial charge on any atom is 0.172 e. The van der Waals surface area contributed by atoms with Crippen LogP contribution in [0.1, 0.15) is 59.5 Å². The fourth-order valence-corrected chi connectivity index (χ4v) is 3.15. The highest BCUT2D eigenvalue weighted by atomic mass is 16.3. The monoisotopic (exact) mass is 375 g/mol.